The van der Waals surface area contributed by atoms with Crippen LogP contribution in [0.4, 0.5) is 0 Å². The fraction of sp³-hybridized carbons (Fsp3) is 0.973. The van der Waals surface area contributed by atoms with E-state index in [0.29, 0.717) is 18.3 Å². The molecule has 0 aromatic rings. The monoisotopic (exact) mass is 676 g/mol. The zero-order chi connectivity index (χ0) is 34.2. The molecular weight excluding hydrogens is 620 g/mol. The SMILES string of the molecule is CC(=O)O[C@@H]1C[C@@]23C[C@@]24CC[C@H](O[C@@H]2OC[C@@H](O)[C@H](O)[C@H]2O)C(C)(C)C4CCC3[C@]2(C)C[C@@H]3O[C@]4(C[C@@H](C)[C@@H]3[C@@]12C)O[C@H](O)[C@@]1(C)O[C@@H]41. The average molecular weight is 677 g/mol. The number of fused-ring (bicyclic) bond motifs is 6. The van der Waals surface area contributed by atoms with Crippen molar-refractivity contribution in [1.82, 2.24) is 0 Å². The van der Waals surface area contributed by atoms with Gasteiger partial charge in [0.2, 0.25) is 5.79 Å². The highest BCUT2D eigenvalue weighted by Crippen LogP contribution is 2.89. The molecule has 0 amide bonds. The summed E-state index contributed by atoms with van der Waals surface area (Å²) in [6.07, 6.45) is 0.880. The van der Waals surface area contributed by atoms with E-state index in [2.05, 4.69) is 34.6 Å². The van der Waals surface area contributed by atoms with Crippen LogP contribution in [-0.4, -0.2) is 99.7 Å². The fourth-order valence-electron chi connectivity index (χ4n) is 14.6. The number of hydrogen-bond donors (Lipinski definition) is 4. The lowest BCUT2D eigenvalue weighted by molar-refractivity contribution is -0.346. The highest BCUT2D eigenvalue weighted by molar-refractivity contribution is 5.66. The van der Waals surface area contributed by atoms with Gasteiger partial charge in [-0.3, -0.25) is 4.79 Å². The molecule has 270 valence electrons. The molecular formula is C37H56O11. The van der Waals surface area contributed by atoms with Crippen LogP contribution in [0.25, 0.3) is 0 Å². The molecule has 5 saturated carbocycles. The Morgan fingerprint density at radius 2 is 1.56 bits per heavy atom. The van der Waals surface area contributed by atoms with Crippen LogP contribution in [0, 0.1) is 50.7 Å². The summed E-state index contributed by atoms with van der Waals surface area (Å²) < 4.78 is 37.9. The van der Waals surface area contributed by atoms with Crippen molar-refractivity contribution in [2.75, 3.05) is 6.61 Å². The van der Waals surface area contributed by atoms with E-state index in [1.165, 1.54) is 0 Å². The molecule has 48 heavy (non-hydrogen) atoms. The zero-order valence-corrected chi connectivity index (χ0v) is 29.5. The van der Waals surface area contributed by atoms with Crippen LogP contribution < -0.4 is 0 Å². The molecule has 4 heterocycles. The Labute approximate surface area is 283 Å². The maximum absolute atomic E-state index is 12.9. The molecule has 19 atom stereocenters. The van der Waals surface area contributed by atoms with Crippen molar-refractivity contribution in [2.24, 2.45) is 50.7 Å². The Bertz CT molecular complexity index is 1390. The summed E-state index contributed by atoms with van der Waals surface area (Å²) in [5, 5.41) is 41.7. The van der Waals surface area contributed by atoms with Gasteiger partial charge in [0.25, 0.3) is 0 Å². The van der Waals surface area contributed by atoms with Gasteiger partial charge in [-0.15, -0.1) is 0 Å². The summed E-state index contributed by atoms with van der Waals surface area (Å²) in [7, 11) is 0. The second-order valence-corrected chi connectivity index (χ2v) is 18.9. The van der Waals surface area contributed by atoms with Gasteiger partial charge in [0.1, 0.15) is 36.1 Å². The molecule has 4 N–H and O–H groups in total. The Morgan fingerprint density at radius 3 is 2.23 bits per heavy atom. The zero-order valence-electron chi connectivity index (χ0n) is 29.5. The number of rotatable bonds is 3. The molecule has 11 heteroatoms. The molecule has 2 unspecified atom stereocenters. The van der Waals surface area contributed by atoms with Gasteiger partial charge in [-0.05, 0) is 97.2 Å². The Kier molecular flexibility index (Phi) is 6.70. The van der Waals surface area contributed by atoms with E-state index in [-0.39, 0.29) is 75.9 Å². The minimum Gasteiger partial charge on any atom is -0.462 e. The fourth-order valence-corrected chi connectivity index (χ4v) is 14.6. The Hall–Kier alpha value is -0.890. The van der Waals surface area contributed by atoms with E-state index in [9.17, 15) is 25.2 Å². The number of carbonyl (C=O) groups excluding carboxylic acids is 1. The van der Waals surface area contributed by atoms with E-state index >= 15 is 0 Å². The maximum atomic E-state index is 12.9. The number of esters is 1. The molecule has 9 rings (SSSR count). The van der Waals surface area contributed by atoms with Gasteiger partial charge in [0, 0.05) is 18.8 Å². The number of hydrogen-bond acceptors (Lipinski definition) is 11. The summed E-state index contributed by atoms with van der Waals surface area (Å²) in [4.78, 5) is 12.9. The first kappa shape index (κ1) is 33.0. The topological polar surface area (TPSA) is 157 Å². The van der Waals surface area contributed by atoms with Crippen molar-refractivity contribution in [3.8, 4) is 0 Å². The van der Waals surface area contributed by atoms with Crippen LogP contribution in [0.1, 0.15) is 99.8 Å². The first-order valence-electron chi connectivity index (χ1n) is 18.6. The van der Waals surface area contributed by atoms with Crippen LogP contribution >= 0.6 is 0 Å². The van der Waals surface area contributed by atoms with Gasteiger partial charge in [-0.1, -0.05) is 34.6 Å². The van der Waals surface area contributed by atoms with Crippen molar-refractivity contribution in [3.05, 3.63) is 0 Å². The summed E-state index contributed by atoms with van der Waals surface area (Å²) in [6.45, 7) is 15.1. The molecule has 9 aliphatic rings. The first-order chi connectivity index (χ1) is 22.4. The van der Waals surface area contributed by atoms with Crippen LogP contribution in [0.2, 0.25) is 0 Å². The van der Waals surface area contributed by atoms with Crippen molar-refractivity contribution in [1.29, 1.82) is 0 Å². The van der Waals surface area contributed by atoms with Gasteiger partial charge in [-0.2, -0.15) is 0 Å². The minimum atomic E-state index is -1.31. The third-order valence-corrected chi connectivity index (χ3v) is 16.8. The van der Waals surface area contributed by atoms with Crippen molar-refractivity contribution in [3.63, 3.8) is 0 Å². The van der Waals surface area contributed by atoms with Crippen molar-refractivity contribution < 1.29 is 53.6 Å². The molecule has 0 aromatic heterocycles. The van der Waals surface area contributed by atoms with Gasteiger partial charge >= 0.3 is 5.97 Å². The summed E-state index contributed by atoms with van der Waals surface area (Å²) in [5.41, 5.74) is -1.23. The smallest absolute Gasteiger partial charge is 0.302 e. The van der Waals surface area contributed by atoms with Gasteiger partial charge in [-0.25, -0.2) is 0 Å². The number of aliphatic hydroxyl groups is 4. The van der Waals surface area contributed by atoms with Crippen LogP contribution in [0.5, 0.6) is 0 Å². The van der Waals surface area contributed by atoms with Gasteiger partial charge in [0.05, 0.1) is 18.8 Å². The maximum Gasteiger partial charge on any atom is 0.302 e. The molecule has 5 aliphatic carbocycles. The summed E-state index contributed by atoms with van der Waals surface area (Å²) >= 11 is 0. The molecule has 0 aromatic carbocycles. The molecule has 4 aliphatic heterocycles. The van der Waals surface area contributed by atoms with E-state index in [4.69, 9.17) is 28.4 Å². The van der Waals surface area contributed by atoms with E-state index in [1.54, 1.807) is 6.92 Å². The molecule has 0 bridgehead atoms. The van der Waals surface area contributed by atoms with E-state index < -0.39 is 42.3 Å². The molecule has 0 radical (unpaired) electrons. The van der Waals surface area contributed by atoms with E-state index in [1.807, 2.05) is 6.92 Å². The van der Waals surface area contributed by atoms with Gasteiger partial charge < -0.3 is 48.8 Å². The normalized spacial score (nSPS) is 63.3. The molecule has 11 nitrogen and oxygen atoms in total. The van der Waals surface area contributed by atoms with Crippen LogP contribution in [-0.2, 0) is 33.2 Å². The number of epoxide rings is 1. The second kappa shape index (κ2) is 9.75. The number of ether oxygens (including phenoxy) is 6. The van der Waals surface area contributed by atoms with Crippen molar-refractivity contribution in [2.45, 2.75) is 167 Å². The minimum absolute atomic E-state index is 0.0420. The summed E-state index contributed by atoms with van der Waals surface area (Å²) in [5.74, 6) is 0.0295. The quantitative estimate of drug-likeness (QED) is 0.198. The standard InChI is InChI=1S/C37H56O11/c1-17-12-37(29-34(7,47-29)30(42)48-37)46-20-13-32(5)22-9-8-21-31(3,4)23(45-28-27(41)26(40)19(39)15-43-28)10-11-35(21)16-36(22,35)14-24(44-18(2)38)33(32,6)25(17)20/h17,19-30,39-42H,8-16H2,1-7H3/t17-,19-,20+,21?,22?,23+,24-,25+,26+,27-,28+,29-,30+,32+,33-,34+,35-,36+,37-/m1/s1. The predicted molar refractivity (Wildman–Crippen MR) is 168 cm³/mol. The van der Waals surface area contributed by atoms with Gasteiger partial charge in [0.15, 0.2) is 12.6 Å². The van der Waals surface area contributed by atoms with Crippen molar-refractivity contribution >= 4 is 5.97 Å². The number of carbonyl (C=O) groups is 1. The lowest BCUT2D eigenvalue weighted by atomic mass is 9.41. The lowest BCUT2D eigenvalue weighted by Gasteiger charge is -2.65. The third-order valence-electron chi connectivity index (χ3n) is 16.8. The molecule has 3 spiro atoms. The number of aliphatic hydroxyl groups excluding tert-OH is 4. The second-order valence-electron chi connectivity index (χ2n) is 18.9. The Balaban J connectivity index is 1.03. The largest absolute Gasteiger partial charge is 0.462 e. The van der Waals surface area contributed by atoms with Crippen LogP contribution in [0.3, 0.4) is 0 Å². The predicted octanol–water partition coefficient (Wildman–Crippen LogP) is 3.03. The van der Waals surface area contributed by atoms with E-state index in [0.717, 1.165) is 44.9 Å². The molecule has 9 fully saturated rings. The average Bonchev–Trinajstić information content (AvgIpc) is 3.84. The summed E-state index contributed by atoms with van der Waals surface area (Å²) in [6, 6.07) is 0. The lowest BCUT2D eigenvalue weighted by Crippen LogP contribution is -2.64. The molecule has 4 saturated heterocycles. The highest BCUT2D eigenvalue weighted by atomic mass is 16.8. The van der Waals surface area contributed by atoms with Crippen LogP contribution in [0.15, 0.2) is 0 Å². The highest BCUT2D eigenvalue weighted by Gasteiger charge is 2.87. The first-order valence-corrected chi connectivity index (χ1v) is 18.6. The Morgan fingerprint density at radius 1 is 0.833 bits per heavy atom. The third kappa shape index (κ3) is 3.74.